The Balaban J connectivity index is 2.74. The number of rotatable bonds is 3. The smallest absolute Gasteiger partial charge is 0.338 e. The molecule has 0 spiro atoms. The number of hydrogen-bond donors (Lipinski definition) is 0. The minimum atomic E-state index is -0.221. The van der Waals surface area contributed by atoms with Gasteiger partial charge in [-0.1, -0.05) is 31.5 Å². The number of hydrogen-bond acceptors (Lipinski definition) is 2. The molecule has 0 bridgehead atoms. The summed E-state index contributed by atoms with van der Waals surface area (Å²) < 4.78 is 5.17. The summed E-state index contributed by atoms with van der Waals surface area (Å²) in [6.45, 7) is 8.46. The zero-order valence-corrected chi connectivity index (χ0v) is 9.83. The first-order valence-electron chi connectivity index (χ1n) is 5.25. The van der Waals surface area contributed by atoms with Crippen LogP contribution in [0.3, 0.4) is 0 Å². The lowest BCUT2D eigenvalue weighted by Crippen LogP contribution is -2.11. The lowest BCUT2D eigenvalue weighted by atomic mass is 10.1. The van der Waals surface area contributed by atoms with E-state index in [1.807, 2.05) is 45.9 Å². The molecule has 0 saturated heterocycles. The highest BCUT2D eigenvalue weighted by Gasteiger charge is 2.10. The fourth-order valence-corrected chi connectivity index (χ4v) is 1.36. The Hall–Kier alpha value is -1.31. The number of esters is 1. The highest BCUT2D eigenvalue weighted by molar-refractivity contribution is 5.91. The molecule has 1 rings (SSSR count). The molecule has 1 aromatic carbocycles. The Labute approximate surface area is 91.3 Å². The second-order valence-corrected chi connectivity index (χ2v) is 4.31. The fraction of sp³-hybridized carbons (Fsp3) is 0.462. The summed E-state index contributed by atoms with van der Waals surface area (Å²) in [4.78, 5) is 11.7. The van der Waals surface area contributed by atoms with E-state index < -0.39 is 0 Å². The van der Waals surface area contributed by atoms with Crippen molar-refractivity contribution in [1.82, 2.24) is 0 Å². The van der Waals surface area contributed by atoms with Gasteiger partial charge in [-0.2, -0.15) is 0 Å². The van der Waals surface area contributed by atoms with Crippen molar-refractivity contribution in [1.29, 1.82) is 0 Å². The summed E-state index contributed by atoms with van der Waals surface area (Å²) in [5.41, 5.74) is 2.80. The van der Waals surface area contributed by atoms with Crippen molar-refractivity contribution in [2.24, 2.45) is 5.92 Å². The van der Waals surface area contributed by atoms with Crippen LogP contribution in [-0.2, 0) is 4.74 Å². The molecular formula is C13H18O2. The third-order valence-corrected chi connectivity index (χ3v) is 2.15. The van der Waals surface area contributed by atoms with Gasteiger partial charge < -0.3 is 4.74 Å². The number of aryl methyl sites for hydroxylation is 2. The van der Waals surface area contributed by atoms with E-state index in [-0.39, 0.29) is 5.97 Å². The van der Waals surface area contributed by atoms with Gasteiger partial charge in [0.05, 0.1) is 12.2 Å². The van der Waals surface area contributed by atoms with Gasteiger partial charge in [-0.05, 0) is 31.4 Å². The van der Waals surface area contributed by atoms with Crippen molar-refractivity contribution in [3.63, 3.8) is 0 Å². The maximum atomic E-state index is 11.7. The molecule has 0 fully saturated rings. The van der Waals surface area contributed by atoms with Crippen molar-refractivity contribution in [2.45, 2.75) is 27.7 Å². The molecule has 2 heteroatoms. The summed E-state index contributed by atoms with van der Waals surface area (Å²) in [7, 11) is 0. The van der Waals surface area contributed by atoms with Crippen LogP contribution < -0.4 is 0 Å². The maximum Gasteiger partial charge on any atom is 0.338 e. The third-order valence-electron chi connectivity index (χ3n) is 2.15. The number of ether oxygens (including phenoxy) is 1. The van der Waals surface area contributed by atoms with Crippen LogP contribution in [0.5, 0.6) is 0 Å². The van der Waals surface area contributed by atoms with Crippen LogP contribution in [0.1, 0.15) is 35.3 Å². The summed E-state index contributed by atoms with van der Waals surface area (Å²) in [6, 6.07) is 5.75. The van der Waals surface area contributed by atoms with Gasteiger partial charge in [0.25, 0.3) is 0 Å². The maximum absolute atomic E-state index is 11.7. The zero-order valence-electron chi connectivity index (χ0n) is 9.83. The van der Waals surface area contributed by atoms with Gasteiger partial charge in [-0.25, -0.2) is 4.79 Å². The first-order chi connectivity index (χ1) is 7.00. The molecule has 15 heavy (non-hydrogen) atoms. The normalized spacial score (nSPS) is 10.5. The molecule has 0 saturated carbocycles. The Morgan fingerprint density at radius 3 is 2.53 bits per heavy atom. The number of carbonyl (C=O) groups is 1. The molecule has 2 nitrogen and oxygen atoms in total. The van der Waals surface area contributed by atoms with Crippen molar-refractivity contribution in [3.8, 4) is 0 Å². The van der Waals surface area contributed by atoms with Crippen LogP contribution in [0, 0.1) is 19.8 Å². The molecule has 82 valence electrons. The Kier molecular flexibility index (Phi) is 3.89. The topological polar surface area (TPSA) is 26.3 Å². The van der Waals surface area contributed by atoms with Crippen LogP contribution in [0.15, 0.2) is 18.2 Å². The number of benzene rings is 1. The van der Waals surface area contributed by atoms with Gasteiger partial charge in [0, 0.05) is 0 Å². The van der Waals surface area contributed by atoms with Gasteiger partial charge in [0.2, 0.25) is 0 Å². The molecule has 0 heterocycles. The molecule has 0 aliphatic carbocycles. The second-order valence-electron chi connectivity index (χ2n) is 4.31. The average molecular weight is 206 g/mol. The van der Waals surface area contributed by atoms with Gasteiger partial charge in [0.1, 0.15) is 0 Å². The van der Waals surface area contributed by atoms with E-state index in [1.54, 1.807) is 0 Å². The van der Waals surface area contributed by atoms with Gasteiger partial charge >= 0.3 is 5.97 Å². The minimum absolute atomic E-state index is 0.221. The Bertz CT molecular complexity index is 354. The molecule has 0 atom stereocenters. The van der Waals surface area contributed by atoms with Crippen LogP contribution in [0.4, 0.5) is 0 Å². The monoisotopic (exact) mass is 206 g/mol. The van der Waals surface area contributed by atoms with Gasteiger partial charge in [-0.3, -0.25) is 0 Å². The van der Waals surface area contributed by atoms with E-state index in [9.17, 15) is 4.79 Å². The van der Waals surface area contributed by atoms with Crippen LogP contribution in [0.25, 0.3) is 0 Å². The molecular weight excluding hydrogens is 188 g/mol. The fourth-order valence-electron chi connectivity index (χ4n) is 1.36. The number of carbonyl (C=O) groups excluding carboxylic acids is 1. The van der Waals surface area contributed by atoms with E-state index in [1.165, 1.54) is 0 Å². The zero-order chi connectivity index (χ0) is 11.4. The summed E-state index contributed by atoms with van der Waals surface area (Å²) in [5, 5.41) is 0. The second kappa shape index (κ2) is 4.96. The first-order valence-corrected chi connectivity index (χ1v) is 5.25. The highest BCUT2D eigenvalue weighted by Crippen LogP contribution is 2.12. The molecule has 0 unspecified atom stereocenters. The van der Waals surface area contributed by atoms with E-state index >= 15 is 0 Å². The first kappa shape index (κ1) is 11.8. The molecule has 0 N–H and O–H groups in total. The molecule has 0 aliphatic heterocycles. The average Bonchev–Trinajstić information content (AvgIpc) is 2.14. The summed E-state index contributed by atoms with van der Waals surface area (Å²) in [6.07, 6.45) is 0. The van der Waals surface area contributed by atoms with E-state index in [2.05, 4.69) is 0 Å². The third kappa shape index (κ3) is 3.39. The quantitative estimate of drug-likeness (QED) is 0.710. The van der Waals surface area contributed by atoms with Crippen LogP contribution in [0.2, 0.25) is 0 Å². The highest BCUT2D eigenvalue weighted by atomic mass is 16.5. The Morgan fingerprint density at radius 2 is 2.00 bits per heavy atom. The van der Waals surface area contributed by atoms with E-state index in [0.29, 0.717) is 18.1 Å². The predicted molar refractivity (Wildman–Crippen MR) is 61.0 cm³/mol. The van der Waals surface area contributed by atoms with Crippen LogP contribution in [-0.4, -0.2) is 12.6 Å². The van der Waals surface area contributed by atoms with E-state index in [0.717, 1.165) is 11.1 Å². The largest absolute Gasteiger partial charge is 0.462 e. The molecule has 0 radical (unpaired) electrons. The van der Waals surface area contributed by atoms with Crippen molar-refractivity contribution in [2.75, 3.05) is 6.61 Å². The molecule has 0 amide bonds. The molecule has 0 aromatic heterocycles. The predicted octanol–water partition coefficient (Wildman–Crippen LogP) is 3.12. The SMILES string of the molecule is Cc1ccc(C(=O)OCC(C)C)c(C)c1. The Morgan fingerprint density at radius 1 is 1.33 bits per heavy atom. The molecule has 0 aliphatic rings. The van der Waals surface area contributed by atoms with Crippen molar-refractivity contribution < 1.29 is 9.53 Å². The molecule has 1 aromatic rings. The van der Waals surface area contributed by atoms with Crippen LogP contribution >= 0.6 is 0 Å². The van der Waals surface area contributed by atoms with Gasteiger partial charge in [0.15, 0.2) is 0 Å². The standard InChI is InChI=1S/C13H18O2/c1-9(2)8-15-13(14)12-6-5-10(3)7-11(12)4/h5-7,9H,8H2,1-4H3. The van der Waals surface area contributed by atoms with E-state index in [4.69, 9.17) is 4.74 Å². The van der Waals surface area contributed by atoms with Crippen molar-refractivity contribution >= 4 is 5.97 Å². The minimum Gasteiger partial charge on any atom is -0.462 e. The summed E-state index contributed by atoms with van der Waals surface area (Å²) in [5.74, 6) is 0.154. The van der Waals surface area contributed by atoms with Gasteiger partial charge in [-0.15, -0.1) is 0 Å². The summed E-state index contributed by atoms with van der Waals surface area (Å²) >= 11 is 0. The van der Waals surface area contributed by atoms with Crippen molar-refractivity contribution in [3.05, 3.63) is 34.9 Å². The lowest BCUT2D eigenvalue weighted by molar-refractivity contribution is 0.0458. The lowest BCUT2D eigenvalue weighted by Gasteiger charge is -2.09.